The molecule has 2 bridgehead atoms. The molecule has 5 aliphatic rings. The summed E-state index contributed by atoms with van der Waals surface area (Å²) < 4.78 is 12.3. The van der Waals surface area contributed by atoms with E-state index in [9.17, 15) is 4.79 Å². The van der Waals surface area contributed by atoms with Gasteiger partial charge in [-0.15, -0.1) is 0 Å². The van der Waals surface area contributed by atoms with Crippen LogP contribution < -0.4 is 0 Å². The van der Waals surface area contributed by atoms with Gasteiger partial charge in [0.15, 0.2) is 0 Å². The molecule has 5 fully saturated rings. The van der Waals surface area contributed by atoms with E-state index in [1.807, 2.05) is 0 Å². The molecule has 4 saturated carbocycles. The smallest absolute Gasteiger partial charge is 0.302 e. The van der Waals surface area contributed by atoms with Crippen LogP contribution >= 0.6 is 15.9 Å². The van der Waals surface area contributed by atoms with Gasteiger partial charge in [-0.1, -0.05) is 62.9 Å². The van der Waals surface area contributed by atoms with E-state index in [0.717, 1.165) is 61.4 Å². The second kappa shape index (κ2) is 8.79. The molecule has 0 aromatic rings. The fourth-order valence-corrected chi connectivity index (χ4v) is 11.3. The number of rotatable bonds is 6. The molecule has 0 unspecified atom stereocenters. The van der Waals surface area contributed by atoms with Crippen LogP contribution in [0.5, 0.6) is 0 Å². The molecule has 4 aliphatic carbocycles. The maximum Gasteiger partial charge on any atom is 0.302 e. The number of hydrogen-bond donors (Lipinski definition) is 0. The van der Waals surface area contributed by atoms with Gasteiger partial charge in [-0.3, -0.25) is 4.79 Å². The standard InChI is InChI=1S/C29H47BrO3/c1-18(2)7-6-8-19(3)23-9-10-24-22-15-26-29(30)16-21(33-20(4)31)11-14-28(29,17-32-26)25(22)12-13-27(23,24)5/h18-19,21-26H,6-17H2,1-5H3/t19-,21+,22+,23-,24+,25+,26-,27-,28+,29+/m1/s1. The highest BCUT2D eigenvalue weighted by Gasteiger charge is 2.72. The minimum atomic E-state index is -0.137. The lowest BCUT2D eigenvalue weighted by atomic mass is 9.44. The average Bonchev–Trinajstić information content (AvgIpc) is 3.16. The molecular formula is C29H47BrO3. The quantitative estimate of drug-likeness (QED) is 0.266. The van der Waals surface area contributed by atoms with Crippen molar-refractivity contribution < 1.29 is 14.3 Å². The van der Waals surface area contributed by atoms with Crippen LogP contribution in [0.2, 0.25) is 0 Å². The summed E-state index contributed by atoms with van der Waals surface area (Å²) >= 11 is 4.29. The summed E-state index contributed by atoms with van der Waals surface area (Å²) in [6.45, 7) is 12.4. The fraction of sp³-hybridized carbons (Fsp3) is 0.966. The lowest BCUT2D eigenvalue weighted by molar-refractivity contribution is -0.154. The Balaban J connectivity index is 1.34. The molecule has 0 N–H and O–H groups in total. The number of carbonyl (C=O) groups is 1. The Hall–Kier alpha value is -0.0900. The summed E-state index contributed by atoms with van der Waals surface area (Å²) in [6, 6.07) is 0. The molecule has 3 nitrogen and oxygen atoms in total. The van der Waals surface area contributed by atoms with Crippen LogP contribution in [-0.4, -0.2) is 29.1 Å². The van der Waals surface area contributed by atoms with E-state index >= 15 is 0 Å². The summed E-state index contributed by atoms with van der Waals surface area (Å²) in [5, 5.41) is 0. The molecule has 1 saturated heterocycles. The summed E-state index contributed by atoms with van der Waals surface area (Å²) in [7, 11) is 0. The van der Waals surface area contributed by atoms with E-state index in [4.69, 9.17) is 9.47 Å². The monoisotopic (exact) mass is 522 g/mol. The van der Waals surface area contributed by atoms with Crippen molar-refractivity contribution in [2.45, 2.75) is 122 Å². The summed E-state index contributed by atoms with van der Waals surface area (Å²) in [5.41, 5.74) is 0.759. The maximum atomic E-state index is 11.7. The minimum absolute atomic E-state index is 0.00455. The van der Waals surface area contributed by atoms with Gasteiger partial charge in [0.05, 0.1) is 17.0 Å². The number of fused-ring (bicyclic) bond motifs is 3. The van der Waals surface area contributed by atoms with Gasteiger partial charge in [0, 0.05) is 18.8 Å². The maximum absolute atomic E-state index is 11.7. The SMILES string of the molecule is CC(=O)O[C@H]1CC[C@]23CO[C@H](C[C@H]4[C@@H]5CC[C@H]([C@H](C)CCCC(C)C)[C@@]5(C)CC[C@@H]42)[C@@]3(Br)C1. The highest BCUT2D eigenvalue weighted by molar-refractivity contribution is 9.10. The van der Waals surface area contributed by atoms with Crippen LogP contribution in [0.15, 0.2) is 0 Å². The second-order valence-corrected chi connectivity index (χ2v) is 14.9. The first-order chi connectivity index (χ1) is 15.6. The van der Waals surface area contributed by atoms with Gasteiger partial charge < -0.3 is 9.47 Å². The number of hydrogen-bond acceptors (Lipinski definition) is 3. The van der Waals surface area contributed by atoms with Crippen LogP contribution in [0.1, 0.15) is 105 Å². The van der Waals surface area contributed by atoms with Crippen LogP contribution in [0.3, 0.4) is 0 Å². The zero-order valence-electron chi connectivity index (χ0n) is 21.7. The Kier molecular flexibility index (Phi) is 6.55. The zero-order chi connectivity index (χ0) is 23.6. The van der Waals surface area contributed by atoms with E-state index in [1.165, 1.54) is 51.4 Å². The summed E-state index contributed by atoms with van der Waals surface area (Å²) in [4.78, 5) is 11.7. The fourth-order valence-electron chi connectivity index (χ4n) is 10.1. The van der Waals surface area contributed by atoms with Gasteiger partial charge in [-0.25, -0.2) is 0 Å². The van der Waals surface area contributed by atoms with Crippen molar-refractivity contribution in [2.75, 3.05) is 6.61 Å². The van der Waals surface area contributed by atoms with Gasteiger partial charge in [0.2, 0.25) is 0 Å². The van der Waals surface area contributed by atoms with E-state index in [1.54, 1.807) is 6.92 Å². The lowest BCUT2D eigenvalue weighted by Gasteiger charge is -2.63. The molecule has 0 amide bonds. The zero-order valence-corrected chi connectivity index (χ0v) is 23.3. The third kappa shape index (κ3) is 3.78. The van der Waals surface area contributed by atoms with Gasteiger partial charge in [0.25, 0.3) is 0 Å². The average molecular weight is 524 g/mol. The van der Waals surface area contributed by atoms with Crippen molar-refractivity contribution >= 4 is 21.9 Å². The second-order valence-electron chi connectivity index (χ2n) is 13.4. The number of esters is 1. The molecular weight excluding hydrogens is 476 g/mol. The van der Waals surface area contributed by atoms with Crippen molar-refractivity contribution in [3.63, 3.8) is 0 Å². The van der Waals surface area contributed by atoms with Crippen LogP contribution in [-0.2, 0) is 14.3 Å². The van der Waals surface area contributed by atoms with Crippen molar-refractivity contribution in [3.8, 4) is 0 Å². The van der Waals surface area contributed by atoms with Crippen LogP contribution in [0.4, 0.5) is 0 Å². The Morgan fingerprint density at radius 2 is 1.88 bits per heavy atom. The Morgan fingerprint density at radius 1 is 1.09 bits per heavy atom. The molecule has 33 heavy (non-hydrogen) atoms. The largest absolute Gasteiger partial charge is 0.463 e. The third-order valence-electron chi connectivity index (χ3n) is 11.5. The normalized spacial score (nSPS) is 49.3. The van der Waals surface area contributed by atoms with Gasteiger partial charge in [-0.05, 0) is 85.9 Å². The number of halogens is 1. The van der Waals surface area contributed by atoms with Crippen molar-refractivity contribution in [1.29, 1.82) is 0 Å². The minimum Gasteiger partial charge on any atom is -0.463 e. The molecule has 5 rings (SSSR count). The summed E-state index contributed by atoms with van der Waals surface area (Å²) in [6.07, 6.45) is 14.5. The molecule has 1 heterocycles. The van der Waals surface area contributed by atoms with Crippen molar-refractivity contribution in [3.05, 3.63) is 0 Å². The highest BCUT2D eigenvalue weighted by atomic mass is 79.9. The molecule has 1 aliphatic heterocycles. The van der Waals surface area contributed by atoms with Gasteiger partial charge in [-0.2, -0.15) is 0 Å². The molecule has 4 heteroatoms. The Bertz CT molecular complexity index is 753. The molecule has 10 atom stereocenters. The predicted molar refractivity (Wildman–Crippen MR) is 136 cm³/mol. The van der Waals surface area contributed by atoms with Crippen LogP contribution in [0, 0.1) is 46.3 Å². The van der Waals surface area contributed by atoms with E-state index in [0.29, 0.717) is 5.41 Å². The lowest BCUT2D eigenvalue weighted by Crippen LogP contribution is -2.63. The first-order valence-electron chi connectivity index (χ1n) is 14.1. The number of carbonyl (C=O) groups excluding carboxylic acids is 1. The Labute approximate surface area is 210 Å². The molecule has 0 aromatic carbocycles. The topological polar surface area (TPSA) is 35.5 Å². The number of alkyl halides is 1. The van der Waals surface area contributed by atoms with Crippen molar-refractivity contribution in [1.82, 2.24) is 0 Å². The van der Waals surface area contributed by atoms with E-state index in [-0.39, 0.29) is 27.9 Å². The molecule has 0 aromatic heterocycles. The summed E-state index contributed by atoms with van der Waals surface area (Å²) in [5.74, 6) is 4.92. The Morgan fingerprint density at radius 3 is 2.61 bits per heavy atom. The van der Waals surface area contributed by atoms with Crippen LogP contribution in [0.25, 0.3) is 0 Å². The molecule has 0 radical (unpaired) electrons. The third-order valence-corrected chi connectivity index (χ3v) is 13.1. The molecule has 188 valence electrons. The van der Waals surface area contributed by atoms with E-state index in [2.05, 4.69) is 43.6 Å². The number of ether oxygens (including phenoxy) is 2. The first-order valence-corrected chi connectivity index (χ1v) is 14.9. The first kappa shape index (κ1) is 24.6. The van der Waals surface area contributed by atoms with Crippen molar-refractivity contribution in [2.24, 2.45) is 46.3 Å². The highest BCUT2D eigenvalue weighted by Crippen LogP contribution is 2.73. The van der Waals surface area contributed by atoms with Gasteiger partial charge >= 0.3 is 5.97 Å². The van der Waals surface area contributed by atoms with Gasteiger partial charge in [0.1, 0.15) is 6.10 Å². The molecule has 0 spiro atoms. The van der Waals surface area contributed by atoms with E-state index < -0.39 is 0 Å². The predicted octanol–water partition coefficient (Wildman–Crippen LogP) is 7.55.